The predicted molar refractivity (Wildman–Crippen MR) is 96.6 cm³/mol. The van der Waals surface area contributed by atoms with E-state index in [9.17, 15) is 4.79 Å². The van der Waals surface area contributed by atoms with E-state index in [1.807, 2.05) is 30.6 Å². The van der Waals surface area contributed by atoms with E-state index < -0.39 is 0 Å². The Morgan fingerprint density at radius 3 is 2.71 bits per heavy atom. The van der Waals surface area contributed by atoms with Crippen LogP contribution in [0.5, 0.6) is 0 Å². The SMILES string of the molecule is CN(C(=O)c1csc(-c2cnn(C)c2)n1)C1CC2CCC(C1)N2.Cl. The summed E-state index contributed by atoms with van der Waals surface area (Å²) in [6, 6.07) is 1.48. The largest absolute Gasteiger partial charge is 0.337 e. The number of thiazole rings is 1. The Bertz CT molecular complexity index is 718. The van der Waals surface area contributed by atoms with Gasteiger partial charge in [0.25, 0.3) is 5.91 Å². The van der Waals surface area contributed by atoms with E-state index in [2.05, 4.69) is 15.4 Å². The fourth-order valence-electron chi connectivity index (χ4n) is 3.73. The number of halogens is 1. The van der Waals surface area contributed by atoms with Gasteiger partial charge < -0.3 is 10.2 Å². The lowest BCUT2D eigenvalue weighted by Gasteiger charge is -2.35. The Hall–Kier alpha value is -1.44. The van der Waals surface area contributed by atoms with Crippen LogP contribution >= 0.6 is 23.7 Å². The monoisotopic (exact) mass is 367 g/mol. The van der Waals surface area contributed by atoms with E-state index >= 15 is 0 Å². The van der Waals surface area contributed by atoms with Gasteiger partial charge in [0, 0.05) is 49.4 Å². The average molecular weight is 368 g/mol. The van der Waals surface area contributed by atoms with Crippen molar-refractivity contribution < 1.29 is 4.79 Å². The topological polar surface area (TPSA) is 63.1 Å². The molecule has 2 fully saturated rings. The molecule has 6 nitrogen and oxygen atoms in total. The zero-order valence-corrected chi connectivity index (χ0v) is 15.4. The molecule has 2 aromatic heterocycles. The van der Waals surface area contributed by atoms with Crippen molar-refractivity contribution in [2.45, 2.75) is 43.8 Å². The summed E-state index contributed by atoms with van der Waals surface area (Å²) in [4.78, 5) is 19.2. The minimum absolute atomic E-state index is 0. The van der Waals surface area contributed by atoms with E-state index in [0.29, 0.717) is 23.8 Å². The molecule has 4 heterocycles. The molecule has 4 rings (SSSR count). The second kappa shape index (κ2) is 6.82. The first kappa shape index (κ1) is 17.4. The minimum atomic E-state index is 0. The molecule has 8 heteroatoms. The van der Waals surface area contributed by atoms with Crippen molar-refractivity contribution in [2.24, 2.45) is 7.05 Å². The van der Waals surface area contributed by atoms with Crippen LogP contribution in [0.3, 0.4) is 0 Å². The molecule has 2 aromatic rings. The van der Waals surface area contributed by atoms with Gasteiger partial charge in [0.1, 0.15) is 10.7 Å². The fraction of sp³-hybridized carbons (Fsp3) is 0.562. The van der Waals surface area contributed by atoms with Gasteiger partial charge in [-0.15, -0.1) is 23.7 Å². The van der Waals surface area contributed by atoms with Crippen LogP contribution < -0.4 is 5.32 Å². The van der Waals surface area contributed by atoms with Crippen molar-refractivity contribution in [3.63, 3.8) is 0 Å². The molecule has 1 N–H and O–H groups in total. The number of aryl methyl sites for hydroxylation is 1. The first-order valence-corrected chi connectivity index (χ1v) is 8.96. The fourth-order valence-corrected chi connectivity index (χ4v) is 4.50. The van der Waals surface area contributed by atoms with Crippen molar-refractivity contribution in [3.8, 4) is 10.6 Å². The smallest absolute Gasteiger partial charge is 0.273 e. The second-order valence-corrected chi connectivity index (χ2v) is 7.48. The standard InChI is InChI=1S/C16H21N5OS.ClH/c1-20-8-10(7-17-20)15-19-14(9-23-15)16(22)21(2)13-5-11-3-4-12(6-13)18-11;/h7-9,11-13,18H,3-6H2,1-2H3;1H. The van der Waals surface area contributed by atoms with Gasteiger partial charge in [-0.1, -0.05) is 0 Å². The van der Waals surface area contributed by atoms with Gasteiger partial charge in [0.15, 0.2) is 0 Å². The van der Waals surface area contributed by atoms with E-state index in [1.165, 1.54) is 24.2 Å². The first-order valence-electron chi connectivity index (χ1n) is 8.08. The van der Waals surface area contributed by atoms with Crippen molar-refractivity contribution in [2.75, 3.05) is 7.05 Å². The zero-order valence-electron chi connectivity index (χ0n) is 13.8. The minimum Gasteiger partial charge on any atom is -0.337 e. The Morgan fingerprint density at radius 2 is 2.08 bits per heavy atom. The lowest BCUT2D eigenvalue weighted by Crippen LogP contribution is -2.48. The molecule has 2 saturated heterocycles. The Morgan fingerprint density at radius 1 is 1.38 bits per heavy atom. The van der Waals surface area contributed by atoms with Crippen molar-refractivity contribution in [1.29, 1.82) is 0 Å². The highest BCUT2D eigenvalue weighted by Crippen LogP contribution is 2.30. The van der Waals surface area contributed by atoms with E-state index in [-0.39, 0.29) is 18.3 Å². The predicted octanol–water partition coefficient (Wildman–Crippen LogP) is 2.32. The normalized spacial score (nSPS) is 25.3. The summed E-state index contributed by atoms with van der Waals surface area (Å²) in [6.45, 7) is 0. The maximum atomic E-state index is 12.8. The Balaban J connectivity index is 0.00000169. The third-order valence-corrected chi connectivity index (χ3v) is 5.88. The zero-order chi connectivity index (χ0) is 16.0. The van der Waals surface area contributed by atoms with Crippen LogP contribution in [-0.2, 0) is 7.05 Å². The molecule has 0 radical (unpaired) electrons. The molecule has 2 aliphatic rings. The number of nitrogens with one attached hydrogen (secondary N) is 1. The van der Waals surface area contributed by atoms with Gasteiger partial charge in [0.2, 0.25) is 0 Å². The molecule has 0 aliphatic carbocycles. The van der Waals surface area contributed by atoms with Crippen LogP contribution in [0.15, 0.2) is 17.8 Å². The van der Waals surface area contributed by atoms with Gasteiger partial charge in [-0.25, -0.2) is 4.98 Å². The summed E-state index contributed by atoms with van der Waals surface area (Å²) in [6.07, 6.45) is 8.29. The Kier molecular flexibility index (Phi) is 4.94. The summed E-state index contributed by atoms with van der Waals surface area (Å²) in [7, 11) is 3.79. The summed E-state index contributed by atoms with van der Waals surface area (Å²) in [5.74, 6) is 0.0303. The number of carbonyl (C=O) groups excluding carboxylic acids is 1. The van der Waals surface area contributed by atoms with Gasteiger partial charge in [0.05, 0.1) is 6.20 Å². The number of hydrogen-bond donors (Lipinski definition) is 1. The highest BCUT2D eigenvalue weighted by Gasteiger charge is 2.36. The van der Waals surface area contributed by atoms with Crippen LogP contribution in [0.4, 0.5) is 0 Å². The molecule has 0 spiro atoms. The van der Waals surface area contributed by atoms with E-state index in [0.717, 1.165) is 23.4 Å². The van der Waals surface area contributed by atoms with Gasteiger partial charge in [-0.3, -0.25) is 9.48 Å². The first-order chi connectivity index (χ1) is 11.1. The van der Waals surface area contributed by atoms with Gasteiger partial charge >= 0.3 is 0 Å². The van der Waals surface area contributed by atoms with E-state index in [1.54, 1.807) is 10.9 Å². The number of amides is 1. The molecule has 2 aliphatic heterocycles. The molecule has 2 atom stereocenters. The average Bonchev–Trinajstić information content (AvgIpc) is 3.26. The van der Waals surface area contributed by atoms with Crippen LogP contribution in [0.1, 0.15) is 36.2 Å². The maximum Gasteiger partial charge on any atom is 0.273 e. The second-order valence-electron chi connectivity index (χ2n) is 6.62. The number of nitrogens with zero attached hydrogens (tertiary/aromatic N) is 4. The van der Waals surface area contributed by atoms with Crippen LogP contribution in [-0.4, -0.2) is 50.7 Å². The lowest BCUT2D eigenvalue weighted by molar-refractivity contribution is 0.0676. The summed E-state index contributed by atoms with van der Waals surface area (Å²) in [5.41, 5.74) is 1.50. The Labute approximate surface area is 151 Å². The van der Waals surface area contributed by atoms with Crippen molar-refractivity contribution in [1.82, 2.24) is 25.0 Å². The number of hydrogen-bond acceptors (Lipinski definition) is 5. The molecule has 0 saturated carbocycles. The highest BCUT2D eigenvalue weighted by molar-refractivity contribution is 7.13. The van der Waals surface area contributed by atoms with Gasteiger partial charge in [-0.05, 0) is 25.7 Å². The molecular formula is C16H22ClN5OS. The number of rotatable bonds is 3. The quantitative estimate of drug-likeness (QED) is 0.904. The number of piperidine rings is 1. The molecular weight excluding hydrogens is 346 g/mol. The number of carbonyl (C=O) groups is 1. The summed E-state index contributed by atoms with van der Waals surface area (Å²) < 4.78 is 1.75. The molecule has 24 heavy (non-hydrogen) atoms. The maximum absolute atomic E-state index is 12.8. The molecule has 1 amide bonds. The highest BCUT2D eigenvalue weighted by atomic mass is 35.5. The van der Waals surface area contributed by atoms with Crippen molar-refractivity contribution >= 4 is 29.7 Å². The molecule has 130 valence electrons. The van der Waals surface area contributed by atoms with Gasteiger partial charge in [-0.2, -0.15) is 5.10 Å². The number of aromatic nitrogens is 3. The van der Waals surface area contributed by atoms with Crippen LogP contribution in [0, 0.1) is 0 Å². The molecule has 0 aromatic carbocycles. The van der Waals surface area contributed by atoms with Crippen LogP contribution in [0.2, 0.25) is 0 Å². The van der Waals surface area contributed by atoms with Crippen molar-refractivity contribution in [3.05, 3.63) is 23.5 Å². The number of fused-ring (bicyclic) bond motifs is 2. The van der Waals surface area contributed by atoms with E-state index in [4.69, 9.17) is 0 Å². The third-order valence-electron chi connectivity index (χ3n) is 4.99. The summed E-state index contributed by atoms with van der Waals surface area (Å²) in [5, 5.41) is 10.5. The van der Waals surface area contributed by atoms with Crippen LogP contribution in [0.25, 0.3) is 10.6 Å². The lowest BCUT2D eigenvalue weighted by atomic mass is 9.98. The third kappa shape index (κ3) is 3.20. The summed E-state index contributed by atoms with van der Waals surface area (Å²) >= 11 is 1.50. The molecule has 2 bridgehead atoms. The molecule has 2 unspecified atom stereocenters.